The number of nitrogens with one attached hydrogen (secondary N) is 1. The number of rotatable bonds is 6. The molecule has 0 radical (unpaired) electrons. The van der Waals surface area contributed by atoms with Crippen molar-refractivity contribution < 1.29 is 9.47 Å². The van der Waals surface area contributed by atoms with Gasteiger partial charge in [-0.2, -0.15) is 0 Å². The zero-order valence-corrected chi connectivity index (χ0v) is 10.9. The molecule has 98 valence electrons. The zero-order valence-electron chi connectivity index (χ0n) is 10.9. The van der Waals surface area contributed by atoms with Gasteiger partial charge >= 0.3 is 0 Å². The highest BCUT2D eigenvalue weighted by molar-refractivity contribution is 5.48. The average molecular weight is 247 g/mol. The van der Waals surface area contributed by atoms with Crippen LogP contribution in [0.2, 0.25) is 0 Å². The molecule has 1 aromatic carbocycles. The number of hydrogen-bond donors (Lipinski definition) is 1. The van der Waals surface area contributed by atoms with E-state index >= 15 is 0 Å². The zero-order chi connectivity index (χ0) is 12.8. The molecule has 0 aliphatic carbocycles. The van der Waals surface area contributed by atoms with Gasteiger partial charge in [-0.25, -0.2) is 0 Å². The Labute approximate surface area is 109 Å². The van der Waals surface area contributed by atoms with Gasteiger partial charge < -0.3 is 14.8 Å². The number of fused-ring (bicyclic) bond motifs is 1. The van der Waals surface area contributed by atoms with Crippen LogP contribution in [0.4, 0.5) is 0 Å². The molecule has 18 heavy (non-hydrogen) atoms. The lowest BCUT2D eigenvalue weighted by atomic mass is 9.99. The van der Waals surface area contributed by atoms with Crippen LogP contribution in [0.15, 0.2) is 30.9 Å². The number of hydrogen-bond acceptors (Lipinski definition) is 3. The van der Waals surface area contributed by atoms with Crippen molar-refractivity contribution in [2.24, 2.45) is 0 Å². The summed E-state index contributed by atoms with van der Waals surface area (Å²) >= 11 is 0. The highest BCUT2D eigenvalue weighted by Crippen LogP contribution is 2.38. The molecule has 0 bridgehead atoms. The third-order valence-corrected chi connectivity index (χ3v) is 3.22. The second-order valence-corrected chi connectivity index (χ2v) is 4.43. The van der Waals surface area contributed by atoms with E-state index in [9.17, 15) is 0 Å². The monoisotopic (exact) mass is 247 g/mol. The summed E-state index contributed by atoms with van der Waals surface area (Å²) in [7, 11) is 1.99. The molecule has 0 aromatic heterocycles. The van der Waals surface area contributed by atoms with Crippen LogP contribution in [0.25, 0.3) is 0 Å². The van der Waals surface area contributed by atoms with E-state index in [0.29, 0.717) is 19.3 Å². The molecule has 1 aliphatic rings. The van der Waals surface area contributed by atoms with Crippen LogP contribution in [-0.4, -0.2) is 20.3 Å². The topological polar surface area (TPSA) is 30.5 Å². The van der Waals surface area contributed by atoms with Gasteiger partial charge in [0.25, 0.3) is 0 Å². The maximum atomic E-state index is 5.76. The Balaban J connectivity index is 2.16. The average Bonchev–Trinajstić information content (AvgIpc) is 2.43. The molecule has 0 spiro atoms. The minimum atomic E-state index is 0.307. The van der Waals surface area contributed by atoms with E-state index in [-0.39, 0.29) is 0 Å². The summed E-state index contributed by atoms with van der Waals surface area (Å²) in [6, 6.07) is 6.42. The van der Waals surface area contributed by atoms with Crippen molar-refractivity contribution in [1.29, 1.82) is 0 Å². The van der Waals surface area contributed by atoms with E-state index in [1.54, 1.807) is 0 Å². The van der Waals surface area contributed by atoms with Crippen LogP contribution < -0.4 is 14.8 Å². The number of para-hydroxylation sites is 1. The van der Waals surface area contributed by atoms with Gasteiger partial charge in [-0.15, -0.1) is 6.58 Å². The number of unbranched alkanes of at least 4 members (excludes halogenated alkanes) is 1. The fourth-order valence-electron chi connectivity index (χ4n) is 2.29. The van der Waals surface area contributed by atoms with Crippen molar-refractivity contribution in [2.75, 3.05) is 20.3 Å². The summed E-state index contributed by atoms with van der Waals surface area (Å²) in [4.78, 5) is 0. The first-order valence-electron chi connectivity index (χ1n) is 6.53. The molecular formula is C15H21NO2. The highest BCUT2D eigenvalue weighted by atomic mass is 16.6. The van der Waals surface area contributed by atoms with Crippen molar-refractivity contribution in [3.63, 3.8) is 0 Å². The summed E-state index contributed by atoms with van der Waals surface area (Å²) < 4.78 is 11.4. The summed E-state index contributed by atoms with van der Waals surface area (Å²) in [5.74, 6) is 1.77. The maximum Gasteiger partial charge on any atom is 0.166 e. The highest BCUT2D eigenvalue weighted by Gasteiger charge is 2.20. The maximum absolute atomic E-state index is 5.76. The van der Waals surface area contributed by atoms with Gasteiger partial charge in [0.05, 0.1) is 0 Å². The molecule has 1 aliphatic heterocycles. The Morgan fingerprint density at radius 2 is 2.22 bits per heavy atom. The number of ether oxygens (including phenoxy) is 2. The van der Waals surface area contributed by atoms with Gasteiger partial charge in [0.15, 0.2) is 11.5 Å². The molecule has 1 aromatic rings. The second-order valence-electron chi connectivity index (χ2n) is 4.43. The normalized spacial score (nSPS) is 15.2. The molecular weight excluding hydrogens is 226 g/mol. The Morgan fingerprint density at radius 3 is 3.00 bits per heavy atom. The van der Waals surface area contributed by atoms with Crippen LogP contribution in [0.3, 0.4) is 0 Å². The third kappa shape index (κ3) is 2.85. The van der Waals surface area contributed by atoms with Crippen molar-refractivity contribution in [2.45, 2.75) is 25.3 Å². The number of allylic oxidation sites excluding steroid dienone is 1. The molecule has 3 heteroatoms. The molecule has 0 fully saturated rings. The molecule has 1 heterocycles. The Hall–Kier alpha value is -1.48. The molecule has 1 unspecified atom stereocenters. The lowest BCUT2D eigenvalue weighted by Crippen LogP contribution is -2.21. The standard InChI is InChI=1S/C15H21NO2/c1-3-4-5-8-13(16-2)12-7-6-9-14-15(12)18-11-10-17-14/h3,6-7,9,13,16H,1,4-5,8,10-11H2,2H3. The largest absolute Gasteiger partial charge is 0.486 e. The Kier molecular flexibility index (Phi) is 4.65. The first-order chi connectivity index (χ1) is 8.86. The van der Waals surface area contributed by atoms with Gasteiger partial charge in [0.2, 0.25) is 0 Å². The quantitative estimate of drug-likeness (QED) is 0.619. The molecule has 0 amide bonds. The first kappa shape index (κ1) is 13.0. The molecule has 3 nitrogen and oxygen atoms in total. The Morgan fingerprint density at radius 1 is 1.39 bits per heavy atom. The van der Waals surface area contributed by atoms with Gasteiger partial charge in [0, 0.05) is 11.6 Å². The molecule has 0 saturated heterocycles. The van der Waals surface area contributed by atoms with Gasteiger partial charge in [-0.05, 0) is 32.4 Å². The van der Waals surface area contributed by atoms with Crippen molar-refractivity contribution >= 4 is 0 Å². The molecule has 1 atom stereocenters. The fraction of sp³-hybridized carbons (Fsp3) is 0.467. The minimum Gasteiger partial charge on any atom is -0.486 e. The fourth-order valence-corrected chi connectivity index (χ4v) is 2.29. The van der Waals surface area contributed by atoms with Crippen LogP contribution >= 0.6 is 0 Å². The van der Waals surface area contributed by atoms with Gasteiger partial charge in [-0.1, -0.05) is 18.2 Å². The van der Waals surface area contributed by atoms with Crippen LogP contribution in [-0.2, 0) is 0 Å². The minimum absolute atomic E-state index is 0.307. The summed E-state index contributed by atoms with van der Waals surface area (Å²) in [6.07, 6.45) is 5.21. The van der Waals surface area contributed by atoms with E-state index in [1.165, 1.54) is 5.56 Å². The Bertz CT molecular complexity index is 403. The number of benzene rings is 1. The summed E-state index contributed by atoms with van der Waals surface area (Å²) in [5.41, 5.74) is 1.19. The van der Waals surface area contributed by atoms with E-state index in [4.69, 9.17) is 9.47 Å². The van der Waals surface area contributed by atoms with Crippen molar-refractivity contribution in [3.8, 4) is 11.5 Å². The van der Waals surface area contributed by atoms with Crippen LogP contribution in [0.5, 0.6) is 11.5 Å². The van der Waals surface area contributed by atoms with Gasteiger partial charge in [0.1, 0.15) is 13.2 Å². The van der Waals surface area contributed by atoms with E-state index in [0.717, 1.165) is 30.8 Å². The predicted octanol–water partition coefficient (Wildman–Crippen LogP) is 3.07. The molecule has 2 rings (SSSR count). The van der Waals surface area contributed by atoms with E-state index < -0.39 is 0 Å². The summed E-state index contributed by atoms with van der Waals surface area (Å²) in [5, 5.41) is 3.36. The molecule has 1 N–H and O–H groups in total. The van der Waals surface area contributed by atoms with Gasteiger partial charge in [-0.3, -0.25) is 0 Å². The lowest BCUT2D eigenvalue weighted by molar-refractivity contribution is 0.168. The van der Waals surface area contributed by atoms with Crippen LogP contribution in [0, 0.1) is 0 Å². The lowest BCUT2D eigenvalue weighted by Gasteiger charge is -2.25. The first-order valence-corrected chi connectivity index (χ1v) is 6.53. The van der Waals surface area contributed by atoms with E-state index in [1.807, 2.05) is 25.3 Å². The van der Waals surface area contributed by atoms with E-state index in [2.05, 4.69) is 18.0 Å². The third-order valence-electron chi connectivity index (χ3n) is 3.22. The van der Waals surface area contributed by atoms with Crippen molar-refractivity contribution in [3.05, 3.63) is 36.4 Å². The predicted molar refractivity (Wildman–Crippen MR) is 73.3 cm³/mol. The SMILES string of the molecule is C=CCCCC(NC)c1cccc2c1OCCO2. The van der Waals surface area contributed by atoms with Crippen molar-refractivity contribution in [1.82, 2.24) is 5.32 Å². The molecule has 0 saturated carbocycles. The van der Waals surface area contributed by atoms with Crippen LogP contribution in [0.1, 0.15) is 30.9 Å². The second kappa shape index (κ2) is 6.45. The summed E-state index contributed by atoms with van der Waals surface area (Å²) in [6.45, 7) is 5.03. The smallest absolute Gasteiger partial charge is 0.166 e.